The molecule has 0 aliphatic carbocycles. The van der Waals surface area contributed by atoms with Crippen LogP contribution in [0.5, 0.6) is 5.75 Å². The molecule has 90 valence electrons. The van der Waals surface area contributed by atoms with Gasteiger partial charge in [-0.3, -0.25) is 4.72 Å². The fourth-order valence-electron chi connectivity index (χ4n) is 0.990. The van der Waals surface area contributed by atoms with Crippen LogP contribution in [-0.4, -0.2) is 33.9 Å². The molecule has 0 saturated heterocycles. The first-order chi connectivity index (χ1) is 7.36. The number of methoxy groups -OCH3 is 1. The van der Waals surface area contributed by atoms with Crippen LogP contribution in [0.25, 0.3) is 0 Å². The number of hydrogen-bond donors (Lipinski definition) is 1. The maximum Gasteiger partial charge on any atom is 0.301 e. The van der Waals surface area contributed by atoms with Crippen LogP contribution in [0, 0.1) is 5.82 Å². The third-order valence-corrected chi connectivity index (χ3v) is 3.32. The van der Waals surface area contributed by atoms with Crippen molar-refractivity contribution in [3.05, 3.63) is 24.0 Å². The Morgan fingerprint density at radius 2 is 2.00 bits per heavy atom. The van der Waals surface area contributed by atoms with E-state index in [4.69, 9.17) is 4.74 Å². The van der Waals surface area contributed by atoms with Crippen LogP contribution in [0.2, 0.25) is 0 Å². The van der Waals surface area contributed by atoms with Gasteiger partial charge in [0.1, 0.15) is 11.6 Å². The topological polar surface area (TPSA) is 58.6 Å². The van der Waals surface area contributed by atoms with Crippen molar-refractivity contribution in [2.24, 2.45) is 0 Å². The number of ether oxygens (including phenoxy) is 1. The lowest BCUT2D eigenvalue weighted by atomic mass is 10.3. The first-order valence-electron chi connectivity index (χ1n) is 4.40. The molecule has 0 spiro atoms. The molecule has 1 aromatic carbocycles. The van der Waals surface area contributed by atoms with Crippen molar-refractivity contribution in [2.75, 3.05) is 25.9 Å². The molecule has 0 heterocycles. The Morgan fingerprint density at radius 1 is 1.38 bits per heavy atom. The molecule has 0 aromatic heterocycles. The Bertz CT molecular complexity index is 474. The van der Waals surface area contributed by atoms with Gasteiger partial charge in [-0.15, -0.1) is 0 Å². The highest BCUT2D eigenvalue weighted by Crippen LogP contribution is 2.26. The van der Waals surface area contributed by atoms with E-state index in [0.717, 1.165) is 10.4 Å². The number of benzene rings is 1. The van der Waals surface area contributed by atoms with Crippen molar-refractivity contribution in [1.82, 2.24) is 4.31 Å². The number of halogens is 1. The zero-order valence-corrected chi connectivity index (χ0v) is 10.0. The first-order valence-corrected chi connectivity index (χ1v) is 5.84. The number of nitrogens with one attached hydrogen (secondary N) is 1. The maximum atomic E-state index is 13.0. The summed E-state index contributed by atoms with van der Waals surface area (Å²) >= 11 is 0. The smallest absolute Gasteiger partial charge is 0.301 e. The summed E-state index contributed by atoms with van der Waals surface area (Å²) in [7, 11) is 0.450. The molecule has 1 N–H and O–H groups in total. The highest BCUT2D eigenvalue weighted by atomic mass is 32.2. The molecule has 1 rings (SSSR count). The summed E-state index contributed by atoms with van der Waals surface area (Å²) in [6.07, 6.45) is 0. The van der Waals surface area contributed by atoms with E-state index in [0.29, 0.717) is 0 Å². The first kappa shape index (κ1) is 12.7. The molecule has 16 heavy (non-hydrogen) atoms. The SMILES string of the molecule is COc1ccc(F)cc1NS(=O)(=O)N(C)C. The van der Waals surface area contributed by atoms with E-state index < -0.39 is 16.0 Å². The van der Waals surface area contributed by atoms with E-state index in [-0.39, 0.29) is 11.4 Å². The zero-order valence-electron chi connectivity index (χ0n) is 9.19. The Morgan fingerprint density at radius 3 is 2.50 bits per heavy atom. The molecule has 7 heteroatoms. The van der Waals surface area contributed by atoms with Gasteiger partial charge >= 0.3 is 10.2 Å². The molecule has 5 nitrogen and oxygen atoms in total. The van der Waals surface area contributed by atoms with E-state index >= 15 is 0 Å². The van der Waals surface area contributed by atoms with Crippen LogP contribution in [-0.2, 0) is 10.2 Å². The summed E-state index contributed by atoms with van der Waals surface area (Å²) in [5, 5.41) is 0. The van der Waals surface area contributed by atoms with Crippen LogP contribution < -0.4 is 9.46 Å². The summed E-state index contributed by atoms with van der Waals surface area (Å²) < 4.78 is 44.1. The normalized spacial score (nSPS) is 11.6. The third kappa shape index (κ3) is 2.83. The van der Waals surface area contributed by atoms with Crippen molar-refractivity contribution in [2.45, 2.75) is 0 Å². The average molecular weight is 248 g/mol. The van der Waals surface area contributed by atoms with Gasteiger partial charge in [0.05, 0.1) is 12.8 Å². The fourth-order valence-corrected chi connectivity index (χ4v) is 1.61. The van der Waals surface area contributed by atoms with Crippen LogP contribution in [0.4, 0.5) is 10.1 Å². The molecule has 0 bridgehead atoms. The minimum absolute atomic E-state index is 0.0659. The Balaban J connectivity index is 3.10. The molecular formula is C9H13FN2O3S. The van der Waals surface area contributed by atoms with Crippen LogP contribution >= 0.6 is 0 Å². The Hall–Kier alpha value is -1.34. The van der Waals surface area contributed by atoms with E-state index in [1.54, 1.807) is 0 Å². The van der Waals surface area contributed by atoms with Gasteiger partial charge in [-0.1, -0.05) is 0 Å². The Kier molecular flexibility index (Phi) is 3.71. The molecule has 0 aliphatic rings. The minimum atomic E-state index is -3.66. The van der Waals surface area contributed by atoms with E-state index in [1.807, 2.05) is 0 Å². The molecule has 1 aromatic rings. The summed E-state index contributed by atoms with van der Waals surface area (Å²) in [6.45, 7) is 0. The monoisotopic (exact) mass is 248 g/mol. The van der Waals surface area contributed by atoms with Crippen LogP contribution in [0.1, 0.15) is 0 Å². The molecular weight excluding hydrogens is 235 g/mol. The van der Waals surface area contributed by atoms with Gasteiger partial charge in [-0.05, 0) is 12.1 Å². The zero-order chi connectivity index (χ0) is 12.3. The number of rotatable bonds is 4. The fraction of sp³-hybridized carbons (Fsp3) is 0.333. The van der Waals surface area contributed by atoms with E-state index in [9.17, 15) is 12.8 Å². The maximum absolute atomic E-state index is 13.0. The predicted molar refractivity (Wildman–Crippen MR) is 59.2 cm³/mol. The lowest BCUT2D eigenvalue weighted by Gasteiger charge is -2.15. The number of anilines is 1. The van der Waals surface area contributed by atoms with Gasteiger partial charge in [0.25, 0.3) is 0 Å². The quantitative estimate of drug-likeness (QED) is 0.866. The van der Waals surface area contributed by atoms with Crippen LogP contribution in [0.15, 0.2) is 18.2 Å². The highest BCUT2D eigenvalue weighted by molar-refractivity contribution is 7.90. The predicted octanol–water partition coefficient (Wildman–Crippen LogP) is 1.05. The van der Waals surface area contributed by atoms with Crippen molar-refractivity contribution in [1.29, 1.82) is 0 Å². The second-order valence-electron chi connectivity index (χ2n) is 3.23. The van der Waals surface area contributed by atoms with Crippen molar-refractivity contribution >= 4 is 15.9 Å². The van der Waals surface area contributed by atoms with Crippen molar-refractivity contribution in [3.63, 3.8) is 0 Å². The molecule has 0 saturated carbocycles. The molecule has 0 unspecified atom stereocenters. The summed E-state index contributed by atoms with van der Waals surface area (Å²) in [5.41, 5.74) is 0.0659. The summed E-state index contributed by atoms with van der Waals surface area (Å²) in [5.74, 6) is -0.288. The van der Waals surface area contributed by atoms with E-state index in [1.165, 1.54) is 33.3 Å². The lowest BCUT2D eigenvalue weighted by Crippen LogP contribution is -2.29. The van der Waals surface area contributed by atoms with Crippen LogP contribution in [0.3, 0.4) is 0 Å². The summed E-state index contributed by atoms with van der Waals surface area (Å²) in [6, 6.07) is 3.59. The minimum Gasteiger partial charge on any atom is -0.495 e. The highest BCUT2D eigenvalue weighted by Gasteiger charge is 2.16. The molecule has 0 aliphatic heterocycles. The average Bonchev–Trinajstić information content (AvgIpc) is 2.17. The Labute approximate surface area is 94.0 Å². The molecule has 0 radical (unpaired) electrons. The summed E-state index contributed by atoms with van der Waals surface area (Å²) in [4.78, 5) is 0. The standard InChI is InChI=1S/C9H13FN2O3S/c1-12(2)16(13,14)11-8-6-7(10)4-5-9(8)15-3/h4-6,11H,1-3H3. The lowest BCUT2D eigenvalue weighted by molar-refractivity contribution is 0.415. The van der Waals surface area contributed by atoms with Crippen molar-refractivity contribution in [3.8, 4) is 5.75 Å². The largest absolute Gasteiger partial charge is 0.495 e. The number of hydrogen-bond acceptors (Lipinski definition) is 3. The van der Waals surface area contributed by atoms with Gasteiger partial charge < -0.3 is 4.74 Å². The molecule has 0 amide bonds. The molecule has 0 atom stereocenters. The second-order valence-corrected chi connectivity index (χ2v) is 5.12. The van der Waals surface area contributed by atoms with Gasteiger partial charge in [0, 0.05) is 20.2 Å². The van der Waals surface area contributed by atoms with Gasteiger partial charge in [0.15, 0.2) is 0 Å². The van der Waals surface area contributed by atoms with Gasteiger partial charge in [-0.2, -0.15) is 12.7 Å². The van der Waals surface area contributed by atoms with Gasteiger partial charge in [0.2, 0.25) is 0 Å². The third-order valence-electron chi connectivity index (χ3n) is 1.88. The second kappa shape index (κ2) is 4.67. The van der Waals surface area contributed by atoms with Gasteiger partial charge in [-0.25, -0.2) is 4.39 Å². The van der Waals surface area contributed by atoms with E-state index in [2.05, 4.69) is 4.72 Å². The number of nitrogens with zero attached hydrogens (tertiary/aromatic N) is 1. The van der Waals surface area contributed by atoms with Crippen molar-refractivity contribution < 1.29 is 17.5 Å². The molecule has 0 fully saturated rings.